The van der Waals surface area contributed by atoms with Crippen LogP contribution in [0.15, 0.2) is 22.7 Å². The van der Waals surface area contributed by atoms with Crippen molar-refractivity contribution in [3.8, 4) is 0 Å². The van der Waals surface area contributed by atoms with Gasteiger partial charge in [0.2, 0.25) is 0 Å². The summed E-state index contributed by atoms with van der Waals surface area (Å²) in [6.45, 7) is 2.86. The Morgan fingerprint density at radius 2 is 2.11 bits per heavy atom. The van der Waals surface area contributed by atoms with Crippen molar-refractivity contribution >= 4 is 37.8 Å². The number of aryl methyl sites for hydroxylation is 1. The second-order valence-corrected chi connectivity index (χ2v) is 7.23. The molecule has 0 aliphatic heterocycles. The number of alkyl halides is 1. The average Bonchev–Trinajstić information content (AvgIpc) is 2.29. The molecule has 1 aliphatic rings. The van der Waals surface area contributed by atoms with Crippen molar-refractivity contribution in [1.29, 1.82) is 0 Å². The largest absolute Gasteiger partial charge is 0.341 e. The van der Waals surface area contributed by atoms with Gasteiger partial charge in [0.25, 0.3) is 5.91 Å². The highest BCUT2D eigenvalue weighted by atomic mass is 79.9. The lowest BCUT2D eigenvalue weighted by atomic mass is 9.85. The van der Waals surface area contributed by atoms with E-state index < -0.39 is 0 Å². The maximum Gasteiger partial charge on any atom is 0.253 e. The van der Waals surface area contributed by atoms with Crippen molar-refractivity contribution in [2.24, 2.45) is 5.92 Å². The first-order valence-electron chi connectivity index (χ1n) is 6.13. The summed E-state index contributed by atoms with van der Waals surface area (Å²) >= 11 is 7.03. The van der Waals surface area contributed by atoms with Gasteiger partial charge < -0.3 is 4.90 Å². The Hall–Kier alpha value is -0.350. The van der Waals surface area contributed by atoms with Gasteiger partial charge in [-0.1, -0.05) is 31.9 Å². The van der Waals surface area contributed by atoms with Crippen molar-refractivity contribution < 1.29 is 4.79 Å². The van der Waals surface area contributed by atoms with E-state index in [1.165, 1.54) is 12.8 Å². The lowest BCUT2D eigenvalue weighted by Gasteiger charge is -2.34. The van der Waals surface area contributed by atoms with E-state index in [4.69, 9.17) is 0 Å². The molecule has 0 unspecified atom stereocenters. The van der Waals surface area contributed by atoms with E-state index >= 15 is 0 Å². The molecule has 98 valence electrons. The third-order valence-corrected chi connectivity index (χ3v) is 5.10. The minimum atomic E-state index is 0.114. The van der Waals surface area contributed by atoms with Gasteiger partial charge in [0.1, 0.15) is 0 Å². The zero-order valence-electron chi connectivity index (χ0n) is 10.6. The smallest absolute Gasteiger partial charge is 0.253 e. The summed E-state index contributed by atoms with van der Waals surface area (Å²) in [5.74, 6) is 0.767. The molecule has 1 aliphatic carbocycles. The fourth-order valence-corrected chi connectivity index (χ4v) is 3.58. The molecule has 1 amide bonds. The molecule has 0 spiro atoms. The molecular formula is C14H17Br2NO. The molecule has 1 aromatic rings. The molecular weight excluding hydrogens is 358 g/mol. The topological polar surface area (TPSA) is 20.3 Å². The Kier molecular flexibility index (Phi) is 4.49. The fourth-order valence-electron chi connectivity index (χ4n) is 2.27. The second kappa shape index (κ2) is 5.74. The molecule has 0 saturated heterocycles. The highest BCUT2D eigenvalue weighted by Gasteiger charge is 2.28. The zero-order valence-corrected chi connectivity index (χ0v) is 13.8. The Morgan fingerprint density at radius 3 is 2.67 bits per heavy atom. The summed E-state index contributed by atoms with van der Waals surface area (Å²) < 4.78 is 1.04. The first-order valence-corrected chi connectivity index (χ1v) is 7.84. The van der Waals surface area contributed by atoms with Gasteiger partial charge in [-0.2, -0.15) is 0 Å². The SMILES string of the molecule is Cc1cc(C(=O)N(C)CC2CC(Br)C2)ccc1Br. The first-order chi connectivity index (χ1) is 8.47. The summed E-state index contributed by atoms with van der Waals surface area (Å²) in [5, 5.41) is 0. The lowest BCUT2D eigenvalue weighted by Crippen LogP contribution is -2.37. The molecule has 0 atom stereocenters. The lowest BCUT2D eigenvalue weighted by molar-refractivity contribution is 0.0748. The molecule has 1 fully saturated rings. The van der Waals surface area contributed by atoms with E-state index in [9.17, 15) is 4.79 Å². The Morgan fingerprint density at radius 1 is 1.44 bits per heavy atom. The van der Waals surface area contributed by atoms with Gasteiger partial charge in [0.05, 0.1) is 0 Å². The van der Waals surface area contributed by atoms with Crippen LogP contribution in [-0.4, -0.2) is 29.2 Å². The predicted molar refractivity (Wildman–Crippen MR) is 81.3 cm³/mol. The van der Waals surface area contributed by atoms with Crippen LogP contribution in [0.3, 0.4) is 0 Å². The molecule has 0 bridgehead atoms. The molecule has 18 heavy (non-hydrogen) atoms. The maximum atomic E-state index is 12.3. The second-order valence-electron chi connectivity index (χ2n) is 5.08. The third kappa shape index (κ3) is 3.15. The van der Waals surface area contributed by atoms with E-state index in [1.807, 2.05) is 37.1 Å². The van der Waals surface area contributed by atoms with Crippen LogP contribution in [0.4, 0.5) is 0 Å². The Labute approximate surface area is 125 Å². The number of benzene rings is 1. The highest BCUT2D eigenvalue weighted by Crippen LogP contribution is 2.33. The number of carbonyl (C=O) groups excluding carboxylic acids is 1. The predicted octanol–water partition coefficient (Wildman–Crippen LogP) is 4.00. The standard InChI is InChI=1S/C14H17Br2NO/c1-9-5-11(3-4-13(9)16)14(18)17(2)8-10-6-12(15)7-10/h3-5,10,12H,6-8H2,1-2H3. The summed E-state index contributed by atoms with van der Waals surface area (Å²) in [6.07, 6.45) is 2.36. The number of amides is 1. The van der Waals surface area contributed by atoms with Gasteiger partial charge in [-0.25, -0.2) is 0 Å². The van der Waals surface area contributed by atoms with Crippen LogP contribution in [0.2, 0.25) is 0 Å². The van der Waals surface area contributed by atoms with Crippen molar-refractivity contribution in [3.63, 3.8) is 0 Å². The summed E-state index contributed by atoms with van der Waals surface area (Å²) in [7, 11) is 1.89. The monoisotopic (exact) mass is 373 g/mol. The maximum absolute atomic E-state index is 12.3. The van der Waals surface area contributed by atoms with Crippen LogP contribution >= 0.6 is 31.9 Å². The highest BCUT2D eigenvalue weighted by molar-refractivity contribution is 9.10. The van der Waals surface area contributed by atoms with Crippen LogP contribution in [0, 0.1) is 12.8 Å². The summed E-state index contributed by atoms with van der Waals surface area (Å²) in [4.78, 5) is 14.8. The molecule has 0 aromatic heterocycles. The number of hydrogen-bond acceptors (Lipinski definition) is 1. The molecule has 4 heteroatoms. The van der Waals surface area contributed by atoms with Crippen LogP contribution in [0.1, 0.15) is 28.8 Å². The van der Waals surface area contributed by atoms with E-state index in [1.54, 1.807) is 0 Å². The van der Waals surface area contributed by atoms with E-state index in [0.29, 0.717) is 10.7 Å². The van der Waals surface area contributed by atoms with E-state index in [-0.39, 0.29) is 5.91 Å². The van der Waals surface area contributed by atoms with Gasteiger partial charge >= 0.3 is 0 Å². The van der Waals surface area contributed by atoms with Gasteiger partial charge in [-0.05, 0) is 49.4 Å². The van der Waals surface area contributed by atoms with Crippen molar-refractivity contribution in [2.75, 3.05) is 13.6 Å². The molecule has 0 heterocycles. The third-order valence-electron chi connectivity index (χ3n) is 3.46. The van der Waals surface area contributed by atoms with Crippen molar-refractivity contribution in [3.05, 3.63) is 33.8 Å². The quantitative estimate of drug-likeness (QED) is 0.732. The van der Waals surface area contributed by atoms with Crippen molar-refractivity contribution in [1.82, 2.24) is 4.90 Å². The number of nitrogens with zero attached hydrogens (tertiary/aromatic N) is 1. The van der Waals surface area contributed by atoms with Crippen LogP contribution < -0.4 is 0 Å². The van der Waals surface area contributed by atoms with Gasteiger partial charge in [-0.15, -0.1) is 0 Å². The fraction of sp³-hybridized carbons (Fsp3) is 0.500. The van der Waals surface area contributed by atoms with Crippen LogP contribution in [0.5, 0.6) is 0 Å². The average molecular weight is 375 g/mol. The van der Waals surface area contributed by atoms with E-state index in [2.05, 4.69) is 31.9 Å². The minimum absolute atomic E-state index is 0.114. The van der Waals surface area contributed by atoms with Gasteiger partial charge in [-0.3, -0.25) is 4.79 Å². The van der Waals surface area contributed by atoms with Crippen molar-refractivity contribution in [2.45, 2.75) is 24.6 Å². The molecule has 1 saturated carbocycles. The Balaban J connectivity index is 1.99. The first kappa shape index (κ1) is 14.1. The molecule has 0 N–H and O–H groups in total. The van der Waals surface area contributed by atoms with Crippen LogP contribution in [0.25, 0.3) is 0 Å². The molecule has 2 rings (SSSR count). The minimum Gasteiger partial charge on any atom is -0.341 e. The zero-order chi connectivity index (χ0) is 13.3. The summed E-state index contributed by atoms with van der Waals surface area (Å²) in [5.41, 5.74) is 1.87. The number of halogens is 2. The number of hydrogen-bond donors (Lipinski definition) is 0. The number of carbonyl (C=O) groups is 1. The van der Waals surface area contributed by atoms with Crippen LogP contribution in [-0.2, 0) is 0 Å². The molecule has 1 aromatic carbocycles. The molecule has 0 radical (unpaired) electrons. The van der Waals surface area contributed by atoms with Gasteiger partial charge in [0, 0.05) is 28.5 Å². The summed E-state index contributed by atoms with van der Waals surface area (Å²) in [6, 6.07) is 5.76. The normalized spacial score (nSPS) is 22.4. The van der Waals surface area contributed by atoms with Gasteiger partial charge in [0.15, 0.2) is 0 Å². The molecule has 2 nitrogen and oxygen atoms in total. The Bertz CT molecular complexity index is 455. The van der Waals surface area contributed by atoms with E-state index in [0.717, 1.165) is 22.1 Å². The number of rotatable bonds is 3.